The molecule has 0 radical (unpaired) electrons. The van der Waals surface area contributed by atoms with E-state index in [1.807, 2.05) is 27.7 Å². The summed E-state index contributed by atoms with van der Waals surface area (Å²) in [6.07, 6.45) is 0.468. The Hall–Kier alpha value is -2.99. The van der Waals surface area contributed by atoms with Crippen LogP contribution in [0.1, 0.15) is 31.9 Å². The summed E-state index contributed by atoms with van der Waals surface area (Å²) in [6, 6.07) is 8.26. The lowest BCUT2D eigenvalue weighted by molar-refractivity contribution is -0.152. The van der Waals surface area contributed by atoms with Gasteiger partial charge in [0.15, 0.2) is 6.10 Å². The van der Waals surface area contributed by atoms with Crippen molar-refractivity contribution >= 4 is 28.5 Å². The normalized spacial score (nSPS) is 12.1. The van der Waals surface area contributed by atoms with Gasteiger partial charge in [-0.3, -0.25) is 4.79 Å². The lowest BCUT2D eigenvalue weighted by Crippen LogP contribution is -2.27. The van der Waals surface area contributed by atoms with Crippen LogP contribution in [0.5, 0.6) is 17.2 Å². The molecular formula is C24H25ClO6. The number of carbonyl (C=O) groups excluding carboxylic acids is 1. The molecule has 0 aliphatic carbocycles. The molecule has 0 amide bonds. The van der Waals surface area contributed by atoms with Crippen molar-refractivity contribution in [3.63, 3.8) is 0 Å². The van der Waals surface area contributed by atoms with Crippen LogP contribution in [0.15, 0.2) is 45.8 Å². The molecule has 3 rings (SSSR count). The number of aryl methyl sites for hydroxylation is 2. The van der Waals surface area contributed by atoms with Crippen LogP contribution in [-0.4, -0.2) is 18.7 Å². The molecule has 1 aromatic heterocycles. The van der Waals surface area contributed by atoms with Gasteiger partial charge in [-0.05, 0) is 62.1 Å². The van der Waals surface area contributed by atoms with Gasteiger partial charge in [-0.2, -0.15) is 0 Å². The third-order valence-electron chi connectivity index (χ3n) is 4.56. The average Bonchev–Trinajstić information content (AvgIpc) is 2.72. The number of benzene rings is 2. The molecule has 3 aromatic rings. The Morgan fingerprint density at radius 3 is 2.39 bits per heavy atom. The van der Waals surface area contributed by atoms with Gasteiger partial charge in [-0.1, -0.05) is 25.4 Å². The quantitative estimate of drug-likeness (QED) is 0.427. The van der Waals surface area contributed by atoms with Crippen LogP contribution in [0, 0.1) is 19.8 Å². The minimum Gasteiger partial charge on any atom is -0.479 e. The van der Waals surface area contributed by atoms with Gasteiger partial charge < -0.3 is 18.6 Å². The standard InChI is InChI=1S/C24H25ClO6/c1-13(2)11-29-24(27)16(5)30-17-6-7-19-20(10-17)28-12-21(23(19)26)31-18-8-14(3)22(25)15(4)9-18/h6-10,12-13,16H,11H2,1-5H3/t16-/m0/s1. The Morgan fingerprint density at radius 1 is 1.06 bits per heavy atom. The molecule has 0 aliphatic rings. The van der Waals surface area contributed by atoms with Gasteiger partial charge in [0, 0.05) is 11.1 Å². The second-order valence-corrected chi connectivity index (χ2v) is 8.22. The van der Waals surface area contributed by atoms with Crippen LogP contribution < -0.4 is 14.9 Å². The van der Waals surface area contributed by atoms with E-state index in [1.54, 1.807) is 37.3 Å². The molecule has 0 N–H and O–H groups in total. The van der Waals surface area contributed by atoms with Crippen LogP contribution in [0.3, 0.4) is 0 Å². The monoisotopic (exact) mass is 444 g/mol. The molecule has 7 heteroatoms. The zero-order valence-corrected chi connectivity index (χ0v) is 18.9. The highest BCUT2D eigenvalue weighted by molar-refractivity contribution is 6.32. The average molecular weight is 445 g/mol. The third kappa shape index (κ3) is 5.39. The highest BCUT2D eigenvalue weighted by atomic mass is 35.5. The molecule has 0 saturated carbocycles. The van der Waals surface area contributed by atoms with Crippen molar-refractivity contribution in [2.24, 2.45) is 5.92 Å². The summed E-state index contributed by atoms with van der Waals surface area (Å²) in [4.78, 5) is 24.8. The fraction of sp³-hybridized carbons (Fsp3) is 0.333. The molecule has 0 bridgehead atoms. The fourth-order valence-corrected chi connectivity index (χ4v) is 3.05. The first kappa shape index (κ1) is 22.7. The van der Waals surface area contributed by atoms with Gasteiger partial charge in [-0.15, -0.1) is 0 Å². The summed E-state index contributed by atoms with van der Waals surface area (Å²) in [5.41, 5.74) is 1.71. The largest absolute Gasteiger partial charge is 0.479 e. The van der Waals surface area contributed by atoms with E-state index in [0.29, 0.717) is 34.1 Å². The maximum absolute atomic E-state index is 12.8. The van der Waals surface area contributed by atoms with Crippen molar-refractivity contribution in [2.45, 2.75) is 40.7 Å². The number of esters is 1. The summed E-state index contributed by atoms with van der Waals surface area (Å²) in [7, 11) is 0. The lowest BCUT2D eigenvalue weighted by atomic mass is 10.1. The Morgan fingerprint density at radius 2 is 1.74 bits per heavy atom. The minimum absolute atomic E-state index is 0.0629. The number of hydrogen-bond donors (Lipinski definition) is 0. The number of hydrogen-bond acceptors (Lipinski definition) is 6. The molecule has 2 aromatic carbocycles. The van der Waals surface area contributed by atoms with E-state index in [2.05, 4.69) is 0 Å². The van der Waals surface area contributed by atoms with E-state index in [1.165, 1.54) is 6.26 Å². The maximum Gasteiger partial charge on any atom is 0.347 e. The first-order valence-corrected chi connectivity index (χ1v) is 10.4. The van der Waals surface area contributed by atoms with Crippen LogP contribution >= 0.6 is 11.6 Å². The first-order valence-electron chi connectivity index (χ1n) is 9.99. The van der Waals surface area contributed by atoms with Crippen molar-refractivity contribution in [1.29, 1.82) is 0 Å². The van der Waals surface area contributed by atoms with Crippen molar-refractivity contribution in [3.8, 4) is 17.2 Å². The predicted molar refractivity (Wildman–Crippen MR) is 119 cm³/mol. The summed E-state index contributed by atoms with van der Waals surface area (Å²) in [6.45, 7) is 9.58. The molecule has 164 valence electrons. The lowest BCUT2D eigenvalue weighted by Gasteiger charge is -2.15. The zero-order chi connectivity index (χ0) is 22.7. The summed E-state index contributed by atoms with van der Waals surface area (Å²) in [5.74, 6) is 0.741. The van der Waals surface area contributed by atoms with E-state index in [4.69, 9.17) is 30.2 Å². The minimum atomic E-state index is -0.790. The van der Waals surface area contributed by atoms with Crippen molar-refractivity contribution in [2.75, 3.05) is 6.61 Å². The van der Waals surface area contributed by atoms with Gasteiger partial charge in [0.25, 0.3) is 0 Å². The molecule has 6 nitrogen and oxygen atoms in total. The van der Waals surface area contributed by atoms with Gasteiger partial charge in [0.2, 0.25) is 11.2 Å². The van der Waals surface area contributed by atoms with Crippen LogP contribution in [0.4, 0.5) is 0 Å². The summed E-state index contributed by atoms with van der Waals surface area (Å²) >= 11 is 6.19. The topological polar surface area (TPSA) is 75.0 Å². The molecule has 0 unspecified atom stereocenters. The molecule has 0 spiro atoms. The highest BCUT2D eigenvalue weighted by Crippen LogP contribution is 2.29. The fourth-order valence-electron chi connectivity index (χ4n) is 2.95. The number of ether oxygens (including phenoxy) is 3. The van der Waals surface area contributed by atoms with Crippen molar-refractivity contribution in [1.82, 2.24) is 0 Å². The van der Waals surface area contributed by atoms with E-state index in [0.717, 1.165) is 11.1 Å². The van der Waals surface area contributed by atoms with Gasteiger partial charge >= 0.3 is 5.97 Å². The highest BCUT2D eigenvalue weighted by Gasteiger charge is 2.18. The Kier molecular flexibility index (Phi) is 6.91. The number of fused-ring (bicyclic) bond motifs is 1. The van der Waals surface area contributed by atoms with Crippen LogP contribution in [0.25, 0.3) is 11.0 Å². The second kappa shape index (κ2) is 9.43. The smallest absolute Gasteiger partial charge is 0.347 e. The van der Waals surface area contributed by atoms with Crippen LogP contribution in [0.2, 0.25) is 5.02 Å². The van der Waals surface area contributed by atoms with E-state index >= 15 is 0 Å². The SMILES string of the molecule is Cc1cc(Oc2coc3cc(O[C@@H](C)C(=O)OCC(C)C)ccc3c2=O)cc(C)c1Cl. The molecule has 1 heterocycles. The van der Waals surface area contributed by atoms with Gasteiger partial charge in [-0.25, -0.2) is 4.79 Å². The maximum atomic E-state index is 12.8. The molecule has 0 aliphatic heterocycles. The summed E-state index contributed by atoms with van der Waals surface area (Å²) < 4.78 is 22.2. The number of halogens is 1. The van der Waals surface area contributed by atoms with E-state index in [9.17, 15) is 9.59 Å². The zero-order valence-electron chi connectivity index (χ0n) is 18.2. The van der Waals surface area contributed by atoms with Crippen molar-refractivity contribution < 1.29 is 23.4 Å². The molecule has 31 heavy (non-hydrogen) atoms. The van der Waals surface area contributed by atoms with Crippen LogP contribution in [-0.2, 0) is 9.53 Å². The summed E-state index contributed by atoms with van der Waals surface area (Å²) in [5, 5.41) is 0.995. The first-order chi connectivity index (χ1) is 14.7. The Labute approximate surface area is 185 Å². The number of carbonyl (C=O) groups is 1. The molecule has 1 atom stereocenters. The Bertz CT molecular complexity index is 1140. The van der Waals surface area contributed by atoms with Crippen molar-refractivity contribution in [3.05, 3.63) is 63.0 Å². The molecule has 0 fully saturated rings. The molecular weight excluding hydrogens is 420 g/mol. The number of rotatable bonds is 7. The predicted octanol–water partition coefficient (Wildman–Crippen LogP) is 5.82. The van der Waals surface area contributed by atoms with Gasteiger partial charge in [0.1, 0.15) is 23.3 Å². The second-order valence-electron chi connectivity index (χ2n) is 7.84. The Balaban J connectivity index is 1.80. The van der Waals surface area contributed by atoms with E-state index in [-0.39, 0.29) is 17.1 Å². The third-order valence-corrected chi connectivity index (χ3v) is 5.15. The molecule has 0 saturated heterocycles. The van der Waals surface area contributed by atoms with Gasteiger partial charge in [0.05, 0.1) is 12.0 Å². The van der Waals surface area contributed by atoms with E-state index < -0.39 is 12.1 Å².